The van der Waals surface area contributed by atoms with E-state index in [-0.39, 0.29) is 0 Å². The molecule has 1 fully saturated rings. The Morgan fingerprint density at radius 2 is 2.06 bits per heavy atom. The van der Waals surface area contributed by atoms with E-state index in [1.54, 1.807) is 0 Å². The van der Waals surface area contributed by atoms with Gasteiger partial charge in [-0.2, -0.15) is 0 Å². The zero-order chi connectivity index (χ0) is 13.0. The molecule has 2 N–H and O–H groups in total. The van der Waals surface area contributed by atoms with Crippen LogP contribution in [0.2, 0.25) is 0 Å². The van der Waals surface area contributed by atoms with Crippen LogP contribution in [0.3, 0.4) is 0 Å². The molecule has 0 spiro atoms. The number of anilines is 2. The molecule has 0 radical (unpaired) electrons. The van der Waals surface area contributed by atoms with Crippen molar-refractivity contribution in [3.05, 3.63) is 24.3 Å². The Kier molecular flexibility index (Phi) is 4.07. The zero-order valence-corrected chi connectivity index (χ0v) is 10.7. The molecular formula is C14H20N2O2. The first-order valence-electron chi connectivity index (χ1n) is 6.55. The van der Waals surface area contributed by atoms with Crippen molar-refractivity contribution in [3.8, 4) is 0 Å². The molecule has 0 aromatic heterocycles. The highest BCUT2D eigenvalue weighted by Crippen LogP contribution is 2.29. The van der Waals surface area contributed by atoms with Crippen molar-refractivity contribution >= 4 is 17.3 Å². The summed E-state index contributed by atoms with van der Waals surface area (Å²) in [4.78, 5) is 13.4. The molecule has 1 atom stereocenters. The molecule has 1 aliphatic rings. The standard InChI is InChI=1S/C14H20N2O2/c1-2-11(14(17)18)15-12-7-3-4-8-13(12)16-9-5-6-10-16/h3-4,7-8,11,15H,2,5-6,9-10H2,1H3,(H,17,18). The van der Waals surface area contributed by atoms with Gasteiger partial charge < -0.3 is 15.3 Å². The SMILES string of the molecule is CCC(Nc1ccccc1N1CCCC1)C(=O)O. The van der Waals surface area contributed by atoms with Gasteiger partial charge in [-0.25, -0.2) is 4.79 Å². The van der Waals surface area contributed by atoms with E-state index in [0.717, 1.165) is 24.5 Å². The van der Waals surface area contributed by atoms with Gasteiger partial charge in [0.2, 0.25) is 0 Å². The van der Waals surface area contributed by atoms with Crippen LogP contribution < -0.4 is 10.2 Å². The summed E-state index contributed by atoms with van der Waals surface area (Å²) in [5.41, 5.74) is 2.04. The molecule has 2 rings (SSSR count). The molecule has 1 saturated heterocycles. The fourth-order valence-corrected chi connectivity index (χ4v) is 2.36. The van der Waals surface area contributed by atoms with E-state index < -0.39 is 12.0 Å². The molecule has 0 saturated carbocycles. The summed E-state index contributed by atoms with van der Waals surface area (Å²) in [6.45, 7) is 4.00. The third-order valence-corrected chi connectivity index (χ3v) is 3.39. The lowest BCUT2D eigenvalue weighted by atomic mass is 10.2. The number of para-hydroxylation sites is 2. The zero-order valence-electron chi connectivity index (χ0n) is 10.7. The first kappa shape index (κ1) is 12.7. The number of aliphatic carboxylic acids is 1. The number of hydrogen-bond acceptors (Lipinski definition) is 3. The number of benzene rings is 1. The number of carboxylic acids is 1. The maximum atomic E-state index is 11.1. The minimum Gasteiger partial charge on any atom is -0.480 e. The van der Waals surface area contributed by atoms with E-state index in [1.165, 1.54) is 12.8 Å². The fourth-order valence-electron chi connectivity index (χ4n) is 2.36. The van der Waals surface area contributed by atoms with Crippen molar-refractivity contribution in [1.29, 1.82) is 0 Å². The largest absolute Gasteiger partial charge is 0.480 e. The van der Waals surface area contributed by atoms with Gasteiger partial charge in [0.05, 0.1) is 11.4 Å². The lowest BCUT2D eigenvalue weighted by Gasteiger charge is -2.23. The Labute approximate surface area is 108 Å². The van der Waals surface area contributed by atoms with Crippen LogP contribution in [0.25, 0.3) is 0 Å². The van der Waals surface area contributed by atoms with E-state index in [0.29, 0.717) is 6.42 Å². The third kappa shape index (κ3) is 2.75. The Hall–Kier alpha value is -1.71. The maximum Gasteiger partial charge on any atom is 0.326 e. The smallest absolute Gasteiger partial charge is 0.326 e. The highest BCUT2D eigenvalue weighted by molar-refractivity contribution is 5.80. The van der Waals surface area contributed by atoms with Gasteiger partial charge in [0.25, 0.3) is 0 Å². The van der Waals surface area contributed by atoms with E-state index in [2.05, 4.69) is 16.3 Å². The first-order valence-corrected chi connectivity index (χ1v) is 6.55. The molecular weight excluding hydrogens is 228 g/mol. The molecule has 1 aliphatic heterocycles. The summed E-state index contributed by atoms with van der Waals surface area (Å²) in [5, 5.41) is 12.2. The van der Waals surface area contributed by atoms with E-state index in [1.807, 2.05) is 25.1 Å². The molecule has 0 amide bonds. The fraction of sp³-hybridized carbons (Fsp3) is 0.500. The van der Waals surface area contributed by atoms with Crippen LogP contribution in [0.4, 0.5) is 11.4 Å². The molecule has 4 heteroatoms. The van der Waals surface area contributed by atoms with Crippen molar-refractivity contribution in [3.63, 3.8) is 0 Å². The highest BCUT2D eigenvalue weighted by atomic mass is 16.4. The average Bonchev–Trinajstić information content (AvgIpc) is 2.89. The van der Waals surface area contributed by atoms with E-state index >= 15 is 0 Å². The van der Waals surface area contributed by atoms with Gasteiger partial charge in [-0.05, 0) is 31.4 Å². The van der Waals surface area contributed by atoms with Crippen LogP contribution in [0.5, 0.6) is 0 Å². The summed E-state index contributed by atoms with van der Waals surface area (Å²) in [6, 6.07) is 7.44. The van der Waals surface area contributed by atoms with Crippen LogP contribution in [-0.4, -0.2) is 30.2 Å². The Bertz CT molecular complexity index is 414. The molecule has 0 bridgehead atoms. The second-order valence-corrected chi connectivity index (χ2v) is 4.65. The Morgan fingerprint density at radius 1 is 1.39 bits per heavy atom. The first-order chi connectivity index (χ1) is 8.72. The van der Waals surface area contributed by atoms with Gasteiger partial charge >= 0.3 is 5.97 Å². The van der Waals surface area contributed by atoms with Gasteiger partial charge in [0, 0.05) is 13.1 Å². The minimum atomic E-state index is -0.797. The van der Waals surface area contributed by atoms with E-state index in [4.69, 9.17) is 5.11 Å². The molecule has 98 valence electrons. The maximum absolute atomic E-state index is 11.1. The van der Waals surface area contributed by atoms with Gasteiger partial charge in [0.15, 0.2) is 0 Å². The van der Waals surface area contributed by atoms with Crippen molar-refractivity contribution in [2.45, 2.75) is 32.2 Å². The average molecular weight is 248 g/mol. The summed E-state index contributed by atoms with van der Waals surface area (Å²) in [6.07, 6.45) is 3.00. The molecule has 1 aromatic rings. The minimum absolute atomic E-state index is 0.520. The van der Waals surface area contributed by atoms with Crippen LogP contribution in [0.1, 0.15) is 26.2 Å². The monoisotopic (exact) mass is 248 g/mol. The molecule has 1 unspecified atom stereocenters. The number of carbonyl (C=O) groups is 1. The predicted molar refractivity (Wildman–Crippen MR) is 73.2 cm³/mol. The Morgan fingerprint density at radius 3 is 2.67 bits per heavy atom. The Balaban J connectivity index is 2.18. The second kappa shape index (κ2) is 5.76. The number of nitrogens with one attached hydrogen (secondary N) is 1. The topological polar surface area (TPSA) is 52.6 Å². The van der Waals surface area contributed by atoms with Gasteiger partial charge in [-0.15, -0.1) is 0 Å². The number of nitrogens with zero attached hydrogens (tertiary/aromatic N) is 1. The molecule has 4 nitrogen and oxygen atoms in total. The summed E-state index contributed by atoms with van der Waals surface area (Å²) in [7, 11) is 0. The predicted octanol–water partition coefficient (Wildman–Crippen LogP) is 2.56. The molecule has 1 heterocycles. The van der Waals surface area contributed by atoms with Crippen LogP contribution in [0, 0.1) is 0 Å². The quantitative estimate of drug-likeness (QED) is 0.841. The third-order valence-electron chi connectivity index (χ3n) is 3.39. The van der Waals surface area contributed by atoms with E-state index in [9.17, 15) is 4.79 Å². The normalized spacial score (nSPS) is 16.6. The highest BCUT2D eigenvalue weighted by Gasteiger charge is 2.19. The van der Waals surface area contributed by atoms with Gasteiger partial charge in [-0.3, -0.25) is 0 Å². The second-order valence-electron chi connectivity index (χ2n) is 4.65. The van der Waals surface area contributed by atoms with Crippen molar-refractivity contribution < 1.29 is 9.90 Å². The number of carboxylic acid groups (broad SMARTS) is 1. The van der Waals surface area contributed by atoms with Crippen molar-refractivity contribution in [2.24, 2.45) is 0 Å². The summed E-state index contributed by atoms with van der Waals surface area (Å²) in [5.74, 6) is -0.797. The van der Waals surface area contributed by atoms with Gasteiger partial charge in [0.1, 0.15) is 6.04 Å². The molecule has 0 aliphatic carbocycles. The summed E-state index contributed by atoms with van der Waals surface area (Å²) >= 11 is 0. The van der Waals surface area contributed by atoms with Crippen LogP contribution in [-0.2, 0) is 4.79 Å². The van der Waals surface area contributed by atoms with Gasteiger partial charge in [-0.1, -0.05) is 19.1 Å². The molecule has 1 aromatic carbocycles. The van der Waals surface area contributed by atoms with Crippen LogP contribution >= 0.6 is 0 Å². The summed E-state index contributed by atoms with van der Waals surface area (Å²) < 4.78 is 0. The lowest BCUT2D eigenvalue weighted by molar-refractivity contribution is -0.137. The lowest BCUT2D eigenvalue weighted by Crippen LogP contribution is -2.29. The molecule has 18 heavy (non-hydrogen) atoms. The van der Waals surface area contributed by atoms with Crippen molar-refractivity contribution in [2.75, 3.05) is 23.3 Å². The van der Waals surface area contributed by atoms with Crippen molar-refractivity contribution in [1.82, 2.24) is 0 Å². The number of hydrogen-bond donors (Lipinski definition) is 2. The number of rotatable bonds is 5. The van der Waals surface area contributed by atoms with Crippen LogP contribution in [0.15, 0.2) is 24.3 Å².